The van der Waals surface area contributed by atoms with Crippen molar-refractivity contribution < 1.29 is 14.3 Å². The molecular formula is C19H22N2O4. The molecule has 0 aliphatic rings. The monoisotopic (exact) mass is 342 g/mol. The molecule has 0 saturated heterocycles. The van der Waals surface area contributed by atoms with Crippen LogP contribution < -0.4 is 5.56 Å². The van der Waals surface area contributed by atoms with Crippen LogP contribution in [0.15, 0.2) is 35.1 Å². The van der Waals surface area contributed by atoms with Gasteiger partial charge < -0.3 is 4.74 Å². The third-order valence-corrected chi connectivity index (χ3v) is 3.60. The van der Waals surface area contributed by atoms with Crippen molar-refractivity contribution in [1.82, 2.24) is 9.78 Å². The fraction of sp³-hybridized carbons (Fsp3) is 0.368. The molecule has 0 saturated carbocycles. The van der Waals surface area contributed by atoms with Crippen molar-refractivity contribution in [3.63, 3.8) is 0 Å². The number of ketones is 1. The van der Waals surface area contributed by atoms with Gasteiger partial charge in [0.05, 0.1) is 12.3 Å². The molecule has 1 heterocycles. The van der Waals surface area contributed by atoms with E-state index in [1.54, 1.807) is 39.8 Å². The summed E-state index contributed by atoms with van der Waals surface area (Å²) in [5.41, 5.74) is 0.0246. The van der Waals surface area contributed by atoms with Crippen molar-refractivity contribution in [3.05, 3.63) is 57.5 Å². The normalized spacial score (nSPS) is 11.2. The summed E-state index contributed by atoms with van der Waals surface area (Å²) in [6, 6.07) is 8.30. The molecule has 0 radical (unpaired) electrons. The summed E-state index contributed by atoms with van der Waals surface area (Å²) in [5.74, 6) is -1.03. The van der Waals surface area contributed by atoms with Gasteiger partial charge in [0.1, 0.15) is 11.3 Å². The van der Waals surface area contributed by atoms with Crippen LogP contribution in [0.4, 0.5) is 0 Å². The molecule has 0 spiro atoms. The van der Waals surface area contributed by atoms with E-state index in [9.17, 15) is 14.4 Å². The van der Waals surface area contributed by atoms with E-state index in [4.69, 9.17) is 4.74 Å². The highest BCUT2D eigenvalue weighted by atomic mass is 16.5. The number of aromatic nitrogens is 2. The number of esters is 1. The zero-order chi connectivity index (χ0) is 18.8. The Bertz CT molecular complexity index is 858. The first-order chi connectivity index (χ1) is 11.6. The third-order valence-electron chi connectivity index (χ3n) is 3.60. The standard InChI is InChI=1S/C19H22N2O4/c1-6-25-18(24)14-11-15(16(22)19(3,4)5)20-21(17(14)23)13-9-7-12(2)8-10-13/h7-11H,6H2,1-5H3. The molecule has 25 heavy (non-hydrogen) atoms. The quantitative estimate of drug-likeness (QED) is 0.630. The number of benzene rings is 1. The summed E-state index contributed by atoms with van der Waals surface area (Å²) >= 11 is 0. The first-order valence-electron chi connectivity index (χ1n) is 8.08. The molecule has 1 aromatic carbocycles. The second kappa shape index (κ2) is 7.01. The number of Topliss-reactive ketones (excluding diaryl/α,β-unsaturated/α-hetero) is 1. The Morgan fingerprint density at radius 1 is 1.16 bits per heavy atom. The Balaban J connectivity index is 2.71. The molecule has 0 amide bonds. The molecule has 0 N–H and O–H groups in total. The number of carbonyl (C=O) groups is 2. The first-order valence-corrected chi connectivity index (χ1v) is 8.08. The summed E-state index contributed by atoms with van der Waals surface area (Å²) in [4.78, 5) is 37.5. The number of carbonyl (C=O) groups excluding carboxylic acids is 2. The van der Waals surface area contributed by atoms with Gasteiger partial charge in [-0.15, -0.1) is 0 Å². The van der Waals surface area contributed by atoms with Crippen LogP contribution in [-0.2, 0) is 4.74 Å². The van der Waals surface area contributed by atoms with Gasteiger partial charge in [0.2, 0.25) is 0 Å². The van der Waals surface area contributed by atoms with E-state index >= 15 is 0 Å². The molecule has 132 valence electrons. The van der Waals surface area contributed by atoms with Gasteiger partial charge >= 0.3 is 5.97 Å². The Morgan fingerprint density at radius 2 is 1.76 bits per heavy atom. The van der Waals surface area contributed by atoms with Crippen molar-refractivity contribution in [1.29, 1.82) is 0 Å². The fourth-order valence-corrected chi connectivity index (χ4v) is 2.21. The van der Waals surface area contributed by atoms with E-state index in [1.807, 2.05) is 19.1 Å². The largest absolute Gasteiger partial charge is 0.462 e. The van der Waals surface area contributed by atoms with Gasteiger partial charge in [-0.1, -0.05) is 38.5 Å². The predicted molar refractivity (Wildman–Crippen MR) is 94.3 cm³/mol. The van der Waals surface area contributed by atoms with Crippen molar-refractivity contribution in [3.8, 4) is 5.69 Å². The topological polar surface area (TPSA) is 78.3 Å². The maximum Gasteiger partial charge on any atom is 0.343 e. The first kappa shape index (κ1) is 18.6. The highest BCUT2D eigenvalue weighted by molar-refractivity contribution is 6.00. The van der Waals surface area contributed by atoms with E-state index in [0.717, 1.165) is 10.2 Å². The molecule has 1 aromatic heterocycles. The predicted octanol–water partition coefficient (Wildman–Crippen LogP) is 2.95. The van der Waals surface area contributed by atoms with E-state index in [1.165, 1.54) is 6.07 Å². The van der Waals surface area contributed by atoms with Crippen molar-refractivity contribution in [2.75, 3.05) is 6.61 Å². The summed E-state index contributed by atoms with van der Waals surface area (Å²) in [7, 11) is 0. The second-order valence-corrected chi connectivity index (χ2v) is 6.80. The molecule has 0 aliphatic heterocycles. The zero-order valence-corrected chi connectivity index (χ0v) is 15.1. The van der Waals surface area contributed by atoms with Crippen LogP contribution in [0, 0.1) is 12.3 Å². The highest BCUT2D eigenvalue weighted by Gasteiger charge is 2.27. The van der Waals surface area contributed by atoms with Crippen LogP contribution in [0.3, 0.4) is 0 Å². The number of hydrogen-bond donors (Lipinski definition) is 0. The number of nitrogens with zero attached hydrogens (tertiary/aromatic N) is 2. The lowest BCUT2D eigenvalue weighted by Crippen LogP contribution is -2.32. The molecule has 0 unspecified atom stereocenters. The Morgan fingerprint density at radius 3 is 2.28 bits per heavy atom. The number of aryl methyl sites for hydroxylation is 1. The summed E-state index contributed by atoms with van der Waals surface area (Å²) in [5, 5.41) is 4.19. The minimum atomic E-state index is -0.765. The van der Waals surface area contributed by atoms with Crippen molar-refractivity contribution in [2.45, 2.75) is 34.6 Å². The Labute approximate surface area is 146 Å². The van der Waals surface area contributed by atoms with Gasteiger partial charge in [-0.3, -0.25) is 9.59 Å². The lowest BCUT2D eigenvalue weighted by atomic mass is 9.88. The maximum atomic E-state index is 12.7. The van der Waals surface area contributed by atoms with Gasteiger partial charge in [-0.05, 0) is 32.0 Å². The van der Waals surface area contributed by atoms with Crippen molar-refractivity contribution >= 4 is 11.8 Å². The van der Waals surface area contributed by atoms with Gasteiger partial charge in [0.15, 0.2) is 5.78 Å². The lowest BCUT2D eigenvalue weighted by molar-refractivity contribution is 0.0523. The number of ether oxygens (including phenoxy) is 1. The van der Waals surface area contributed by atoms with Crippen LogP contribution >= 0.6 is 0 Å². The minimum Gasteiger partial charge on any atom is -0.462 e. The highest BCUT2D eigenvalue weighted by Crippen LogP contribution is 2.20. The minimum absolute atomic E-state index is 0.0516. The van der Waals surface area contributed by atoms with Gasteiger partial charge in [-0.25, -0.2) is 4.79 Å². The zero-order valence-electron chi connectivity index (χ0n) is 15.1. The molecule has 0 bridgehead atoms. The number of rotatable bonds is 4. The van der Waals surface area contributed by atoms with E-state index < -0.39 is 16.9 Å². The van der Waals surface area contributed by atoms with Gasteiger partial charge in [0, 0.05) is 5.41 Å². The van der Waals surface area contributed by atoms with Gasteiger partial charge in [-0.2, -0.15) is 9.78 Å². The lowest BCUT2D eigenvalue weighted by Gasteiger charge is -2.17. The van der Waals surface area contributed by atoms with Gasteiger partial charge in [0.25, 0.3) is 5.56 Å². The third kappa shape index (κ3) is 4.02. The Kier molecular flexibility index (Phi) is 5.21. The smallest absolute Gasteiger partial charge is 0.343 e. The van der Waals surface area contributed by atoms with Crippen molar-refractivity contribution in [2.24, 2.45) is 5.41 Å². The SMILES string of the molecule is CCOC(=O)c1cc(C(=O)C(C)(C)C)nn(-c2ccc(C)cc2)c1=O. The Hall–Kier alpha value is -2.76. The van der Waals surface area contributed by atoms with E-state index in [0.29, 0.717) is 5.69 Å². The summed E-state index contributed by atoms with van der Waals surface area (Å²) in [6.45, 7) is 8.96. The van der Waals surface area contributed by atoms with E-state index in [-0.39, 0.29) is 23.6 Å². The summed E-state index contributed by atoms with van der Waals surface area (Å²) < 4.78 is 6.02. The number of hydrogen-bond acceptors (Lipinski definition) is 5. The molecule has 0 atom stereocenters. The van der Waals surface area contributed by atoms with Crippen LogP contribution in [0.1, 0.15) is 54.1 Å². The fourth-order valence-electron chi connectivity index (χ4n) is 2.21. The molecule has 6 nitrogen and oxygen atoms in total. The molecule has 2 rings (SSSR count). The molecule has 6 heteroatoms. The van der Waals surface area contributed by atoms with E-state index in [2.05, 4.69) is 5.10 Å². The average Bonchev–Trinajstić information content (AvgIpc) is 2.54. The maximum absolute atomic E-state index is 12.7. The molecule has 0 fully saturated rings. The van der Waals surface area contributed by atoms with Crippen LogP contribution in [0.25, 0.3) is 5.69 Å². The van der Waals surface area contributed by atoms with Crippen LogP contribution in [-0.4, -0.2) is 28.1 Å². The molecule has 2 aromatic rings. The van der Waals surface area contributed by atoms with Crippen LogP contribution in [0.5, 0.6) is 0 Å². The summed E-state index contributed by atoms with van der Waals surface area (Å²) in [6.07, 6.45) is 0. The molecular weight excluding hydrogens is 320 g/mol. The average molecular weight is 342 g/mol. The second-order valence-electron chi connectivity index (χ2n) is 6.80. The van der Waals surface area contributed by atoms with Crippen LogP contribution in [0.2, 0.25) is 0 Å². The molecule has 0 aliphatic carbocycles.